The van der Waals surface area contributed by atoms with Gasteiger partial charge in [0, 0.05) is 23.7 Å². The van der Waals surface area contributed by atoms with E-state index in [0.29, 0.717) is 17.1 Å². The second-order valence-electron chi connectivity index (χ2n) is 3.95. The molecule has 0 aliphatic heterocycles. The van der Waals surface area contributed by atoms with Gasteiger partial charge in [-0.2, -0.15) is 0 Å². The highest BCUT2D eigenvalue weighted by atomic mass is 32.2. The van der Waals surface area contributed by atoms with E-state index < -0.39 is 5.97 Å². The van der Waals surface area contributed by atoms with Crippen molar-refractivity contribution in [2.24, 2.45) is 0 Å². The first-order valence-electron chi connectivity index (χ1n) is 5.96. The van der Waals surface area contributed by atoms with Crippen LogP contribution in [0, 0.1) is 0 Å². The molecule has 0 saturated heterocycles. The molecule has 0 aliphatic carbocycles. The number of aromatic nitrogens is 2. The van der Waals surface area contributed by atoms with Crippen molar-refractivity contribution in [3.63, 3.8) is 0 Å². The average molecular weight is 288 g/mol. The fourth-order valence-corrected chi connectivity index (χ4v) is 2.20. The molecule has 0 atom stereocenters. The molecular weight excluding hydrogens is 276 g/mol. The van der Waals surface area contributed by atoms with Crippen LogP contribution in [0.2, 0.25) is 0 Å². The molecule has 5 nitrogen and oxygen atoms in total. The van der Waals surface area contributed by atoms with E-state index in [1.54, 1.807) is 31.3 Å². The highest BCUT2D eigenvalue weighted by molar-refractivity contribution is 7.99. The second-order valence-corrected chi connectivity index (χ2v) is 5.04. The van der Waals surface area contributed by atoms with Gasteiger partial charge in [0.1, 0.15) is 10.7 Å². The molecule has 0 saturated carbocycles. The van der Waals surface area contributed by atoms with Crippen molar-refractivity contribution in [3.05, 3.63) is 47.9 Å². The van der Waals surface area contributed by atoms with Crippen LogP contribution in [0.25, 0.3) is 0 Å². The van der Waals surface area contributed by atoms with Gasteiger partial charge in [-0.05, 0) is 24.3 Å². The third-order valence-electron chi connectivity index (χ3n) is 2.55. The number of hydrogen-bond donors (Lipinski definition) is 1. The topological polar surface area (TPSA) is 80.2 Å². The van der Waals surface area contributed by atoms with Crippen molar-refractivity contribution >= 4 is 23.5 Å². The first kappa shape index (κ1) is 14.2. The van der Waals surface area contributed by atoms with Gasteiger partial charge in [0.25, 0.3) is 0 Å². The van der Waals surface area contributed by atoms with Gasteiger partial charge < -0.3 is 5.11 Å². The summed E-state index contributed by atoms with van der Waals surface area (Å²) >= 11 is 1.36. The van der Waals surface area contributed by atoms with Gasteiger partial charge in [-0.25, -0.2) is 9.78 Å². The van der Waals surface area contributed by atoms with Crippen LogP contribution in [0.15, 0.2) is 46.6 Å². The largest absolute Gasteiger partial charge is 0.478 e. The molecule has 2 aromatic heterocycles. The van der Waals surface area contributed by atoms with E-state index >= 15 is 0 Å². The van der Waals surface area contributed by atoms with E-state index in [1.165, 1.54) is 24.0 Å². The van der Waals surface area contributed by atoms with Crippen LogP contribution in [0.4, 0.5) is 0 Å². The van der Waals surface area contributed by atoms with Crippen LogP contribution in [0.5, 0.6) is 0 Å². The Morgan fingerprint density at radius 3 is 2.45 bits per heavy atom. The number of hydrogen-bond acceptors (Lipinski definition) is 5. The number of nitrogens with zero attached hydrogens (tertiary/aromatic N) is 2. The van der Waals surface area contributed by atoms with Gasteiger partial charge in [-0.1, -0.05) is 18.7 Å². The van der Waals surface area contributed by atoms with E-state index in [9.17, 15) is 9.59 Å². The Hall–Kier alpha value is -2.21. The van der Waals surface area contributed by atoms with Crippen LogP contribution in [-0.4, -0.2) is 26.8 Å². The summed E-state index contributed by atoms with van der Waals surface area (Å²) in [6.07, 6.45) is 3.35. The van der Waals surface area contributed by atoms with E-state index in [2.05, 4.69) is 9.97 Å². The smallest absolute Gasteiger partial charge is 0.337 e. The molecule has 0 spiro atoms. The second kappa shape index (κ2) is 6.29. The summed E-state index contributed by atoms with van der Waals surface area (Å²) in [5, 5.41) is 9.46. The number of carboxylic acids is 1. The van der Waals surface area contributed by atoms with Crippen molar-refractivity contribution in [2.45, 2.75) is 23.3 Å². The van der Waals surface area contributed by atoms with Crippen molar-refractivity contribution in [2.75, 3.05) is 0 Å². The maximum atomic E-state index is 11.4. The lowest BCUT2D eigenvalue weighted by Crippen LogP contribution is -1.99. The molecule has 2 heterocycles. The number of Topliss-reactive ketones (excluding diaryl/α,β-unsaturated/α-hetero) is 1. The SMILES string of the molecule is CCC(=O)c1ccc(Sc2ccc(C(=O)O)cn2)cn1. The van der Waals surface area contributed by atoms with E-state index in [0.717, 1.165) is 4.90 Å². The third-order valence-corrected chi connectivity index (χ3v) is 3.48. The summed E-state index contributed by atoms with van der Waals surface area (Å²) in [6, 6.07) is 6.62. The van der Waals surface area contributed by atoms with Crippen molar-refractivity contribution in [1.82, 2.24) is 9.97 Å². The number of aromatic carboxylic acids is 1. The fraction of sp³-hybridized carbons (Fsp3) is 0.143. The van der Waals surface area contributed by atoms with E-state index in [1.807, 2.05) is 0 Å². The number of pyridine rings is 2. The Morgan fingerprint density at radius 2 is 1.95 bits per heavy atom. The summed E-state index contributed by atoms with van der Waals surface area (Å²) in [6.45, 7) is 1.79. The molecule has 0 amide bonds. The molecule has 0 fully saturated rings. The maximum Gasteiger partial charge on any atom is 0.337 e. The van der Waals surface area contributed by atoms with Crippen molar-refractivity contribution in [1.29, 1.82) is 0 Å². The zero-order valence-electron chi connectivity index (χ0n) is 10.7. The molecule has 0 bridgehead atoms. The van der Waals surface area contributed by atoms with Gasteiger partial charge in [-0.15, -0.1) is 0 Å². The van der Waals surface area contributed by atoms with Crippen LogP contribution in [0.1, 0.15) is 34.2 Å². The van der Waals surface area contributed by atoms with Gasteiger partial charge in [-0.3, -0.25) is 9.78 Å². The summed E-state index contributed by atoms with van der Waals surface area (Å²) in [7, 11) is 0. The minimum Gasteiger partial charge on any atom is -0.478 e. The highest BCUT2D eigenvalue weighted by Crippen LogP contribution is 2.25. The fourth-order valence-electron chi connectivity index (χ4n) is 1.47. The molecule has 102 valence electrons. The number of carbonyl (C=O) groups excluding carboxylic acids is 1. The number of carbonyl (C=O) groups is 2. The molecule has 1 N–H and O–H groups in total. The first-order valence-corrected chi connectivity index (χ1v) is 6.78. The predicted octanol–water partition coefficient (Wildman–Crippen LogP) is 2.92. The predicted molar refractivity (Wildman–Crippen MR) is 74.2 cm³/mol. The molecule has 2 aromatic rings. The Balaban J connectivity index is 2.10. The third kappa shape index (κ3) is 3.42. The monoisotopic (exact) mass is 288 g/mol. The number of ketones is 1. The molecular formula is C14H12N2O3S. The van der Waals surface area contributed by atoms with Crippen LogP contribution < -0.4 is 0 Å². The summed E-state index contributed by atoms with van der Waals surface area (Å²) in [4.78, 5) is 31.2. The molecule has 0 radical (unpaired) electrons. The average Bonchev–Trinajstić information content (AvgIpc) is 2.48. The standard InChI is InChI=1S/C14H12N2O3S/c1-2-12(17)11-5-4-10(8-15-11)20-13-6-3-9(7-16-13)14(18)19/h3-8H,2H2,1H3,(H,18,19). The minimum atomic E-state index is -1.00. The molecule has 0 aliphatic rings. The Bertz CT molecular complexity index is 624. The Morgan fingerprint density at radius 1 is 1.15 bits per heavy atom. The van der Waals surface area contributed by atoms with Crippen LogP contribution in [0.3, 0.4) is 0 Å². The number of carboxylic acid groups (broad SMARTS) is 1. The lowest BCUT2D eigenvalue weighted by Gasteiger charge is -2.02. The summed E-state index contributed by atoms with van der Waals surface area (Å²) in [5.41, 5.74) is 0.599. The zero-order chi connectivity index (χ0) is 14.5. The van der Waals surface area contributed by atoms with E-state index in [-0.39, 0.29) is 11.3 Å². The lowest BCUT2D eigenvalue weighted by atomic mass is 10.2. The summed E-state index contributed by atoms with van der Waals surface area (Å²) in [5.74, 6) is -0.997. The van der Waals surface area contributed by atoms with Crippen molar-refractivity contribution in [3.8, 4) is 0 Å². The molecule has 20 heavy (non-hydrogen) atoms. The van der Waals surface area contributed by atoms with E-state index in [4.69, 9.17) is 5.11 Å². The van der Waals surface area contributed by atoms with Gasteiger partial charge in [0.2, 0.25) is 0 Å². The summed E-state index contributed by atoms with van der Waals surface area (Å²) < 4.78 is 0. The van der Waals surface area contributed by atoms with Crippen molar-refractivity contribution < 1.29 is 14.7 Å². The zero-order valence-corrected chi connectivity index (χ0v) is 11.6. The van der Waals surface area contributed by atoms with Gasteiger partial charge in [0.05, 0.1) is 5.56 Å². The molecule has 0 unspecified atom stereocenters. The maximum absolute atomic E-state index is 11.4. The quantitative estimate of drug-likeness (QED) is 0.852. The Labute approximate surface area is 120 Å². The van der Waals surface area contributed by atoms with Crippen LogP contribution in [-0.2, 0) is 0 Å². The number of rotatable bonds is 5. The first-order chi connectivity index (χ1) is 9.60. The normalized spacial score (nSPS) is 10.2. The van der Waals surface area contributed by atoms with Gasteiger partial charge in [0.15, 0.2) is 5.78 Å². The lowest BCUT2D eigenvalue weighted by molar-refractivity contribution is 0.0696. The molecule has 2 rings (SSSR count). The van der Waals surface area contributed by atoms with Crippen LogP contribution >= 0.6 is 11.8 Å². The highest BCUT2D eigenvalue weighted by Gasteiger charge is 2.07. The van der Waals surface area contributed by atoms with Gasteiger partial charge >= 0.3 is 5.97 Å². The molecule has 0 aromatic carbocycles. The molecule has 6 heteroatoms. The minimum absolute atomic E-state index is 0.00508. The Kier molecular flexibility index (Phi) is 4.47.